The van der Waals surface area contributed by atoms with Gasteiger partial charge in [0.2, 0.25) is 5.91 Å². The minimum Gasteiger partial charge on any atom is -0.396 e. The van der Waals surface area contributed by atoms with Gasteiger partial charge in [-0.3, -0.25) is 4.79 Å². The lowest BCUT2D eigenvalue weighted by Crippen LogP contribution is -2.53. The topological polar surface area (TPSA) is 66.6 Å². The second-order valence-corrected chi connectivity index (χ2v) is 6.15. The summed E-state index contributed by atoms with van der Waals surface area (Å²) in [6.45, 7) is 7.74. The molecule has 4 nitrogen and oxygen atoms in total. The number of hydrogen-bond acceptors (Lipinski definition) is 3. The van der Waals surface area contributed by atoms with Gasteiger partial charge >= 0.3 is 0 Å². The SMILES string of the molecule is CC(C)(C)C(N)C(=O)N1CCCC(CCO)C1. The van der Waals surface area contributed by atoms with E-state index in [0.29, 0.717) is 5.92 Å². The van der Waals surface area contributed by atoms with Crippen LogP contribution in [0, 0.1) is 11.3 Å². The van der Waals surface area contributed by atoms with Crippen LogP contribution in [0.25, 0.3) is 0 Å². The first kappa shape index (κ1) is 14.5. The van der Waals surface area contributed by atoms with E-state index in [-0.39, 0.29) is 17.9 Å². The first-order chi connectivity index (χ1) is 7.86. The normalized spacial score (nSPS) is 23.6. The number of nitrogens with zero attached hydrogens (tertiary/aromatic N) is 1. The molecular formula is C13H26N2O2. The summed E-state index contributed by atoms with van der Waals surface area (Å²) in [7, 11) is 0. The Morgan fingerprint density at radius 1 is 1.53 bits per heavy atom. The first-order valence-corrected chi connectivity index (χ1v) is 6.51. The van der Waals surface area contributed by atoms with Crippen molar-refractivity contribution in [2.75, 3.05) is 19.7 Å². The van der Waals surface area contributed by atoms with Crippen LogP contribution >= 0.6 is 0 Å². The summed E-state index contributed by atoms with van der Waals surface area (Å²) >= 11 is 0. The molecule has 4 heteroatoms. The molecule has 1 aliphatic heterocycles. The molecule has 0 aliphatic carbocycles. The molecule has 0 bridgehead atoms. The van der Waals surface area contributed by atoms with E-state index < -0.39 is 6.04 Å². The number of amides is 1. The number of aliphatic hydroxyl groups is 1. The van der Waals surface area contributed by atoms with Crippen molar-refractivity contribution in [3.63, 3.8) is 0 Å². The second kappa shape index (κ2) is 5.83. The minimum atomic E-state index is -0.435. The van der Waals surface area contributed by atoms with Gasteiger partial charge in [0.05, 0.1) is 6.04 Å². The molecule has 0 saturated carbocycles. The molecule has 0 aromatic carbocycles. The molecule has 0 aromatic heterocycles. The van der Waals surface area contributed by atoms with E-state index in [2.05, 4.69) is 0 Å². The number of carbonyl (C=O) groups excluding carboxylic acids is 1. The fourth-order valence-electron chi connectivity index (χ4n) is 2.25. The first-order valence-electron chi connectivity index (χ1n) is 6.51. The molecule has 3 N–H and O–H groups in total. The van der Waals surface area contributed by atoms with Gasteiger partial charge in [0, 0.05) is 19.7 Å². The molecule has 2 atom stereocenters. The summed E-state index contributed by atoms with van der Waals surface area (Å²) in [5, 5.41) is 8.95. The lowest BCUT2D eigenvalue weighted by molar-refractivity contribution is -0.136. The van der Waals surface area contributed by atoms with Gasteiger partial charge in [-0.25, -0.2) is 0 Å². The van der Waals surface area contributed by atoms with Crippen LogP contribution in [0.15, 0.2) is 0 Å². The number of nitrogens with two attached hydrogens (primary N) is 1. The summed E-state index contributed by atoms with van der Waals surface area (Å²) in [5.74, 6) is 0.491. The highest BCUT2D eigenvalue weighted by Crippen LogP contribution is 2.23. The van der Waals surface area contributed by atoms with Crippen LogP contribution in [0.2, 0.25) is 0 Å². The van der Waals surface area contributed by atoms with Crippen molar-refractivity contribution >= 4 is 5.91 Å². The van der Waals surface area contributed by atoms with E-state index in [9.17, 15) is 4.79 Å². The zero-order chi connectivity index (χ0) is 13.1. The molecule has 17 heavy (non-hydrogen) atoms. The number of carbonyl (C=O) groups is 1. The Bertz CT molecular complexity index is 259. The largest absolute Gasteiger partial charge is 0.396 e. The van der Waals surface area contributed by atoms with E-state index in [4.69, 9.17) is 10.8 Å². The van der Waals surface area contributed by atoms with Gasteiger partial charge < -0.3 is 15.7 Å². The molecule has 100 valence electrons. The van der Waals surface area contributed by atoms with Gasteiger partial charge in [0.1, 0.15) is 0 Å². The lowest BCUT2D eigenvalue weighted by Gasteiger charge is -2.37. The third kappa shape index (κ3) is 3.96. The predicted octanol–water partition coefficient (Wildman–Crippen LogP) is 0.981. The number of aliphatic hydroxyl groups excluding tert-OH is 1. The summed E-state index contributed by atoms with van der Waals surface area (Å²) in [6, 6.07) is -0.435. The second-order valence-electron chi connectivity index (χ2n) is 6.15. The average Bonchev–Trinajstić information content (AvgIpc) is 2.27. The van der Waals surface area contributed by atoms with E-state index in [0.717, 1.165) is 32.4 Å². The highest BCUT2D eigenvalue weighted by Gasteiger charge is 2.33. The molecular weight excluding hydrogens is 216 g/mol. The van der Waals surface area contributed by atoms with Gasteiger partial charge in [0.15, 0.2) is 0 Å². The summed E-state index contributed by atoms with van der Waals surface area (Å²) in [6.07, 6.45) is 2.91. The van der Waals surface area contributed by atoms with Gasteiger partial charge in [-0.05, 0) is 30.6 Å². The van der Waals surface area contributed by atoms with Crippen LogP contribution in [-0.2, 0) is 4.79 Å². The van der Waals surface area contributed by atoms with Crippen LogP contribution in [0.4, 0.5) is 0 Å². The van der Waals surface area contributed by atoms with Crippen LogP contribution in [0.5, 0.6) is 0 Å². The Morgan fingerprint density at radius 2 is 2.18 bits per heavy atom. The third-order valence-electron chi connectivity index (χ3n) is 3.57. The molecule has 1 aliphatic rings. The van der Waals surface area contributed by atoms with Crippen LogP contribution in [-0.4, -0.2) is 41.7 Å². The zero-order valence-electron chi connectivity index (χ0n) is 11.3. The number of hydrogen-bond donors (Lipinski definition) is 2. The van der Waals surface area contributed by atoms with E-state index in [1.54, 1.807) is 0 Å². The maximum atomic E-state index is 12.2. The van der Waals surface area contributed by atoms with Crippen molar-refractivity contribution in [1.29, 1.82) is 0 Å². The van der Waals surface area contributed by atoms with Crippen LogP contribution in [0.3, 0.4) is 0 Å². The average molecular weight is 242 g/mol. The third-order valence-corrected chi connectivity index (χ3v) is 3.57. The number of likely N-dealkylation sites (tertiary alicyclic amines) is 1. The van der Waals surface area contributed by atoms with Gasteiger partial charge in [0.25, 0.3) is 0 Å². The molecule has 1 rings (SSSR count). The van der Waals surface area contributed by atoms with Crippen molar-refractivity contribution in [3.8, 4) is 0 Å². The summed E-state index contributed by atoms with van der Waals surface area (Å²) in [5.41, 5.74) is 5.81. The molecule has 1 saturated heterocycles. The van der Waals surface area contributed by atoms with Gasteiger partial charge in [-0.1, -0.05) is 20.8 Å². The zero-order valence-corrected chi connectivity index (χ0v) is 11.3. The Morgan fingerprint density at radius 3 is 2.71 bits per heavy atom. The highest BCUT2D eigenvalue weighted by atomic mass is 16.3. The summed E-state index contributed by atoms with van der Waals surface area (Å²) < 4.78 is 0. The maximum Gasteiger partial charge on any atom is 0.240 e. The Hall–Kier alpha value is -0.610. The lowest BCUT2D eigenvalue weighted by atomic mass is 9.85. The van der Waals surface area contributed by atoms with Crippen molar-refractivity contribution in [2.45, 2.75) is 46.1 Å². The highest BCUT2D eigenvalue weighted by molar-refractivity contribution is 5.82. The van der Waals surface area contributed by atoms with Crippen LogP contribution < -0.4 is 5.73 Å². The molecule has 1 heterocycles. The molecule has 0 spiro atoms. The van der Waals surface area contributed by atoms with Gasteiger partial charge in [-0.2, -0.15) is 0 Å². The van der Waals surface area contributed by atoms with E-state index >= 15 is 0 Å². The molecule has 0 radical (unpaired) electrons. The maximum absolute atomic E-state index is 12.2. The monoisotopic (exact) mass is 242 g/mol. The van der Waals surface area contributed by atoms with Crippen molar-refractivity contribution in [1.82, 2.24) is 4.90 Å². The fourth-order valence-corrected chi connectivity index (χ4v) is 2.25. The van der Waals surface area contributed by atoms with E-state index in [1.165, 1.54) is 0 Å². The summed E-state index contributed by atoms with van der Waals surface area (Å²) in [4.78, 5) is 14.1. The Balaban J connectivity index is 2.57. The fraction of sp³-hybridized carbons (Fsp3) is 0.923. The Kier molecular flexibility index (Phi) is 4.95. The van der Waals surface area contributed by atoms with Crippen LogP contribution in [0.1, 0.15) is 40.0 Å². The quantitative estimate of drug-likeness (QED) is 0.775. The minimum absolute atomic E-state index is 0.0557. The Labute approximate surface area is 104 Å². The molecule has 1 fully saturated rings. The van der Waals surface area contributed by atoms with Crippen molar-refractivity contribution in [3.05, 3.63) is 0 Å². The van der Waals surface area contributed by atoms with Gasteiger partial charge in [-0.15, -0.1) is 0 Å². The van der Waals surface area contributed by atoms with Crippen molar-refractivity contribution < 1.29 is 9.90 Å². The number of rotatable bonds is 3. The molecule has 2 unspecified atom stereocenters. The molecule has 1 amide bonds. The van der Waals surface area contributed by atoms with Crippen molar-refractivity contribution in [2.24, 2.45) is 17.1 Å². The van der Waals surface area contributed by atoms with E-state index in [1.807, 2.05) is 25.7 Å². The predicted molar refractivity (Wildman–Crippen MR) is 68.4 cm³/mol. The smallest absolute Gasteiger partial charge is 0.240 e. The number of piperidine rings is 1. The standard InChI is InChI=1S/C13H26N2O2/c1-13(2,3)11(14)12(17)15-7-4-5-10(9-15)6-8-16/h10-11,16H,4-9,14H2,1-3H3. The molecule has 0 aromatic rings.